The lowest BCUT2D eigenvalue weighted by Gasteiger charge is -2.18. The largest absolute Gasteiger partial charge is 0.462 e. The van der Waals surface area contributed by atoms with Gasteiger partial charge in [0.25, 0.3) is 0 Å². The number of hydrogen-bond acceptors (Lipinski definition) is 6. The summed E-state index contributed by atoms with van der Waals surface area (Å²) in [6, 6.07) is 0. The van der Waals surface area contributed by atoms with Crippen molar-refractivity contribution in [3.8, 4) is 0 Å². The summed E-state index contributed by atoms with van der Waals surface area (Å²) in [6.07, 6.45) is 96.9. The number of rotatable bonds is 55. The van der Waals surface area contributed by atoms with Crippen LogP contribution in [0.25, 0.3) is 0 Å². The van der Waals surface area contributed by atoms with Gasteiger partial charge in [-0.1, -0.05) is 281 Å². The summed E-state index contributed by atoms with van der Waals surface area (Å²) in [4.78, 5) is 38.2. The summed E-state index contributed by atoms with van der Waals surface area (Å²) in [7, 11) is 0. The van der Waals surface area contributed by atoms with Crippen molar-refractivity contribution in [2.24, 2.45) is 0 Å². The molecule has 79 heavy (non-hydrogen) atoms. The molecule has 442 valence electrons. The highest BCUT2D eigenvalue weighted by atomic mass is 16.6. The first-order valence-corrected chi connectivity index (χ1v) is 31.6. The second kappa shape index (κ2) is 65.3. The summed E-state index contributed by atoms with van der Waals surface area (Å²) in [6.45, 7) is 6.16. The van der Waals surface area contributed by atoms with E-state index in [0.717, 1.165) is 109 Å². The van der Waals surface area contributed by atoms with Crippen LogP contribution in [0.1, 0.15) is 252 Å². The summed E-state index contributed by atoms with van der Waals surface area (Å²) in [5.41, 5.74) is 0. The Labute approximate surface area is 485 Å². The molecule has 0 fully saturated rings. The van der Waals surface area contributed by atoms with Crippen molar-refractivity contribution in [3.05, 3.63) is 170 Å². The molecule has 1 atom stereocenters. The monoisotopic (exact) mass is 1090 g/mol. The normalized spacial score (nSPS) is 13.3. The zero-order valence-corrected chi connectivity index (χ0v) is 50.6. The van der Waals surface area contributed by atoms with E-state index in [1.54, 1.807) is 0 Å². The molecule has 0 aromatic rings. The quantitative estimate of drug-likeness (QED) is 0.0261. The van der Waals surface area contributed by atoms with Gasteiger partial charge in [-0.15, -0.1) is 0 Å². The molecule has 0 amide bonds. The van der Waals surface area contributed by atoms with Crippen LogP contribution in [0, 0.1) is 0 Å². The fourth-order valence-corrected chi connectivity index (χ4v) is 8.12. The van der Waals surface area contributed by atoms with Gasteiger partial charge in [0, 0.05) is 19.3 Å². The minimum Gasteiger partial charge on any atom is -0.462 e. The zero-order chi connectivity index (χ0) is 57.1. The average Bonchev–Trinajstić information content (AvgIpc) is 3.45. The van der Waals surface area contributed by atoms with Crippen molar-refractivity contribution in [1.29, 1.82) is 0 Å². The summed E-state index contributed by atoms with van der Waals surface area (Å²) in [5.74, 6) is -1.11. The van der Waals surface area contributed by atoms with E-state index in [2.05, 4.69) is 167 Å². The molecular weight excluding hydrogens is 973 g/mol. The number of allylic oxidation sites excluding steroid dienone is 28. The van der Waals surface area contributed by atoms with Gasteiger partial charge >= 0.3 is 17.9 Å². The third-order valence-corrected chi connectivity index (χ3v) is 12.7. The predicted octanol–water partition coefficient (Wildman–Crippen LogP) is 21.9. The van der Waals surface area contributed by atoms with Gasteiger partial charge in [-0.25, -0.2) is 0 Å². The minimum absolute atomic E-state index is 0.137. The lowest BCUT2D eigenvalue weighted by Crippen LogP contribution is -2.30. The summed E-state index contributed by atoms with van der Waals surface area (Å²) in [5, 5.41) is 0. The molecule has 0 N–H and O–H groups in total. The molecule has 0 aromatic heterocycles. The zero-order valence-electron chi connectivity index (χ0n) is 50.6. The Bertz CT molecular complexity index is 1820. The molecule has 6 heteroatoms. The van der Waals surface area contributed by atoms with Crippen molar-refractivity contribution < 1.29 is 28.6 Å². The number of carbonyl (C=O) groups excluding carboxylic acids is 3. The molecule has 0 bridgehead atoms. The molecule has 0 spiro atoms. The molecule has 0 saturated carbocycles. The Hall–Kier alpha value is -5.23. The van der Waals surface area contributed by atoms with E-state index in [9.17, 15) is 14.4 Å². The highest BCUT2D eigenvalue weighted by molar-refractivity contribution is 5.71. The van der Waals surface area contributed by atoms with Gasteiger partial charge < -0.3 is 14.2 Å². The van der Waals surface area contributed by atoms with Gasteiger partial charge in [0.05, 0.1) is 0 Å². The number of ether oxygens (including phenoxy) is 3. The Morgan fingerprint density at radius 3 is 0.785 bits per heavy atom. The van der Waals surface area contributed by atoms with Crippen LogP contribution in [0.2, 0.25) is 0 Å². The second-order valence-corrected chi connectivity index (χ2v) is 20.2. The molecule has 1 unspecified atom stereocenters. The SMILES string of the molecule is CC/C=C\C/C=C\C/C=C\C/C=C\C/C=C\C/C=C\CCC(=O)OC(COC(=O)CC/C=C\C/C=C\C/C=C\C/C=C\CC)COC(=O)CCCCCCCCCCCCCCCCCC/C=C\C/C=C\C/C=C\C/C=C\CC. The molecule has 0 radical (unpaired) electrons. The highest BCUT2D eigenvalue weighted by Crippen LogP contribution is 2.15. The average molecular weight is 1090 g/mol. The first-order valence-electron chi connectivity index (χ1n) is 31.6. The summed E-state index contributed by atoms with van der Waals surface area (Å²) < 4.78 is 16.7. The fraction of sp³-hybridized carbons (Fsp3) is 0.575. The molecule has 0 aliphatic heterocycles. The first kappa shape index (κ1) is 73.8. The fourth-order valence-electron chi connectivity index (χ4n) is 8.12. The maximum atomic E-state index is 12.9. The minimum atomic E-state index is -0.856. The molecule has 6 nitrogen and oxygen atoms in total. The van der Waals surface area contributed by atoms with Crippen LogP contribution in [0.15, 0.2) is 170 Å². The van der Waals surface area contributed by atoms with Crippen molar-refractivity contribution in [2.45, 2.75) is 258 Å². The molecule has 0 aliphatic rings. The van der Waals surface area contributed by atoms with Gasteiger partial charge in [-0.3, -0.25) is 14.4 Å². The molecule has 0 rings (SSSR count). The number of unbranched alkanes of at least 4 members (excludes halogenated alkanes) is 16. The van der Waals surface area contributed by atoms with E-state index in [1.807, 2.05) is 24.3 Å². The molecule has 0 aliphatic carbocycles. The van der Waals surface area contributed by atoms with Gasteiger partial charge in [0.15, 0.2) is 6.10 Å². The van der Waals surface area contributed by atoms with Gasteiger partial charge in [0.2, 0.25) is 0 Å². The van der Waals surface area contributed by atoms with E-state index in [0.29, 0.717) is 19.3 Å². The van der Waals surface area contributed by atoms with Crippen LogP contribution in [0.4, 0.5) is 0 Å². The van der Waals surface area contributed by atoms with Crippen molar-refractivity contribution in [2.75, 3.05) is 13.2 Å². The van der Waals surface area contributed by atoms with Crippen LogP contribution in [0.3, 0.4) is 0 Å². The molecule has 0 aromatic carbocycles. The Morgan fingerprint density at radius 1 is 0.253 bits per heavy atom. The molecule has 0 heterocycles. The van der Waals surface area contributed by atoms with Crippen LogP contribution < -0.4 is 0 Å². The predicted molar refractivity (Wildman–Crippen MR) is 343 cm³/mol. The van der Waals surface area contributed by atoms with Gasteiger partial charge in [0.1, 0.15) is 13.2 Å². The van der Waals surface area contributed by atoms with Gasteiger partial charge in [-0.05, 0) is 122 Å². The van der Waals surface area contributed by atoms with E-state index in [-0.39, 0.29) is 38.0 Å². The van der Waals surface area contributed by atoms with E-state index in [1.165, 1.54) is 89.9 Å². The maximum absolute atomic E-state index is 12.9. The second-order valence-electron chi connectivity index (χ2n) is 20.2. The van der Waals surface area contributed by atoms with Crippen molar-refractivity contribution in [1.82, 2.24) is 0 Å². The summed E-state index contributed by atoms with van der Waals surface area (Å²) >= 11 is 0. The maximum Gasteiger partial charge on any atom is 0.306 e. The topological polar surface area (TPSA) is 78.9 Å². The van der Waals surface area contributed by atoms with Crippen molar-refractivity contribution in [3.63, 3.8) is 0 Å². The Balaban J connectivity index is 4.40. The smallest absolute Gasteiger partial charge is 0.306 e. The van der Waals surface area contributed by atoms with E-state index < -0.39 is 12.1 Å². The number of hydrogen-bond donors (Lipinski definition) is 0. The Morgan fingerprint density at radius 2 is 0.481 bits per heavy atom. The van der Waals surface area contributed by atoms with Crippen molar-refractivity contribution >= 4 is 17.9 Å². The molecule has 0 saturated heterocycles. The standard InChI is InChI=1S/C73H114O6/c1-4-7-10-13-16-19-22-25-27-29-31-32-33-34-35-36-37-38-39-40-42-43-45-48-51-54-57-60-63-66-72(75)78-69-70(68-77-71(74)65-62-59-56-53-50-47-24-21-18-15-12-9-6-3)79-73(76)67-64-61-58-55-52-49-46-44-41-30-28-26-23-20-17-14-11-8-5-2/h7-12,16-21,25-28,31-32,41,44,47,49-50,52,56,58-59,61,70H,4-6,13-15,22-24,29-30,33-40,42-43,45-46,48,51,53-55,57,60,62-69H2,1-3H3/b10-7-,11-8-,12-9-,19-16-,20-17-,21-18-,27-25-,28-26-,32-31-,44-41-,50-47-,52-49-,59-56-,61-58-. The van der Waals surface area contributed by atoms with Gasteiger partial charge in [-0.2, -0.15) is 0 Å². The lowest BCUT2D eigenvalue weighted by atomic mass is 10.0. The number of carbonyl (C=O) groups is 3. The highest BCUT2D eigenvalue weighted by Gasteiger charge is 2.19. The third kappa shape index (κ3) is 63.5. The van der Waals surface area contributed by atoms with Crippen LogP contribution >= 0.6 is 0 Å². The number of esters is 3. The third-order valence-electron chi connectivity index (χ3n) is 12.7. The molecular formula is C73H114O6. The Kier molecular flexibility index (Phi) is 61.0. The van der Waals surface area contributed by atoms with Crippen LogP contribution in [-0.4, -0.2) is 37.2 Å². The first-order chi connectivity index (χ1) is 39.0. The van der Waals surface area contributed by atoms with Crippen LogP contribution in [0.5, 0.6) is 0 Å². The lowest BCUT2D eigenvalue weighted by molar-refractivity contribution is -0.166. The van der Waals surface area contributed by atoms with Crippen LogP contribution in [-0.2, 0) is 28.6 Å². The van der Waals surface area contributed by atoms with E-state index in [4.69, 9.17) is 14.2 Å². The van der Waals surface area contributed by atoms with E-state index >= 15 is 0 Å².